The van der Waals surface area contributed by atoms with Crippen molar-refractivity contribution in [2.24, 2.45) is 0 Å². The van der Waals surface area contributed by atoms with Crippen molar-refractivity contribution in [2.45, 2.75) is 57.7 Å². The van der Waals surface area contributed by atoms with Gasteiger partial charge in [-0.05, 0) is 45.2 Å². The third kappa shape index (κ3) is 3.30. The number of nitrogens with zero attached hydrogens (tertiary/aromatic N) is 1. The van der Waals surface area contributed by atoms with Crippen LogP contribution in [0.5, 0.6) is 0 Å². The van der Waals surface area contributed by atoms with Crippen LogP contribution in [-0.4, -0.2) is 23.2 Å². The first-order chi connectivity index (χ1) is 8.63. The zero-order chi connectivity index (χ0) is 13.0. The van der Waals surface area contributed by atoms with Crippen LogP contribution in [0.4, 0.5) is 0 Å². The van der Waals surface area contributed by atoms with E-state index in [1.165, 1.54) is 0 Å². The van der Waals surface area contributed by atoms with Crippen LogP contribution in [0.25, 0.3) is 0 Å². The summed E-state index contributed by atoms with van der Waals surface area (Å²) in [6.45, 7) is 7.45. The van der Waals surface area contributed by atoms with Crippen LogP contribution in [0.1, 0.15) is 51.8 Å². The highest BCUT2D eigenvalue weighted by molar-refractivity contribution is 5.08. The van der Waals surface area contributed by atoms with Gasteiger partial charge in [-0.2, -0.15) is 0 Å². The highest BCUT2D eigenvalue weighted by atomic mass is 16.5. The lowest BCUT2D eigenvalue weighted by Gasteiger charge is -2.39. The Hall–Kier alpha value is -0.930. The Morgan fingerprint density at radius 2 is 2.39 bits per heavy atom. The second kappa shape index (κ2) is 5.81. The molecule has 0 bridgehead atoms. The summed E-state index contributed by atoms with van der Waals surface area (Å²) in [6, 6.07) is 6.91. The van der Waals surface area contributed by atoms with Crippen molar-refractivity contribution < 1.29 is 4.74 Å². The van der Waals surface area contributed by atoms with Crippen molar-refractivity contribution in [3.05, 3.63) is 30.1 Å². The van der Waals surface area contributed by atoms with E-state index in [9.17, 15) is 0 Å². The minimum Gasteiger partial charge on any atom is -0.375 e. The summed E-state index contributed by atoms with van der Waals surface area (Å²) in [5.41, 5.74) is 1.15. The Bertz CT molecular complexity index is 368. The normalized spacial score (nSPS) is 30.1. The maximum atomic E-state index is 5.88. The van der Waals surface area contributed by atoms with Gasteiger partial charge in [-0.15, -0.1) is 0 Å². The third-order valence-electron chi connectivity index (χ3n) is 3.96. The van der Waals surface area contributed by atoms with Crippen LogP contribution < -0.4 is 5.32 Å². The lowest BCUT2D eigenvalue weighted by molar-refractivity contribution is -0.0790. The molecule has 3 heteroatoms. The average molecular weight is 248 g/mol. The molecule has 3 nitrogen and oxygen atoms in total. The first kappa shape index (κ1) is 13.5. The number of hydrogen-bond acceptors (Lipinski definition) is 3. The summed E-state index contributed by atoms with van der Waals surface area (Å²) >= 11 is 0. The first-order valence-electron chi connectivity index (χ1n) is 6.94. The summed E-state index contributed by atoms with van der Waals surface area (Å²) in [5, 5.41) is 3.68. The maximum Gasteiger partial charge on any atom is 0.0666 e. The highest BCUT2D eigenvalue weighted by Crippen LogP contribution is 2.28. The monoisotopic (exact) mass is 248 g/mol. The Morgan fingerprint density at radius 1 is 1.56 bits per heavy atom. The number of nitrogens with one attached hydrogen (secondary N) is 1. The minimum atomic E-state index is 0.0414. The molecule has 3 unspecified atom stereocenters. The van der Waals surface area contributed by atoms with Gasteiger partial charge < -0.3 is 10.1 Å². The second-order valence-electron chi connectivity index (χ2n) is 5.48. The fourth-order valence-corrected chi connectivity index (χ4v) is 2.59. The molecule has 0 aromatic carbocycles. The average Bonchev–Trinajstić information content (AvgIpc) is 2.40. The predicted molar refractivity (Wildman–Crippen MR) is 73.5 cm³/mol. The van der Waals surface area contributed by atoms with Crippen molar-refractivity contribution in [3.8, 4) is 0 Å². The Morgan fingerprint density at radius 3 is 3.06 bits per heavy atom. The van der Waals surface area contributed by atoms with Crippen molar-refractivity contribution >= 4 is 0 Å². The van der Waals surface area contributed by atoms with Gasteiger partial charge in [0.25, 0.3) is 0 Å². The molecule has 2 heterocycles. The standard InChI is InChI=1S/C15H24N2O/c1-4-15(3)11-13(8-10-18-15)17-12(2)14-7-5-6-9-16-14/h5-7,9,12-13,17H,4,8,10-11H2,1-3H3. The highest BCUT2D eigenvalue weighted by Gasteiger charge is 2.32. The van der Waals surface area contributed by atoms with Crippen molar-refractivity contribution in [2.75, 3.05) is 6.61 Å². The summed E-state index contributed by atoms with van der Waals surface area (Å²) in [6.07, 6.45) is 5.10. The van der Waals surface area contributed by atoms with Gasteiger partial charge in [-0.3, -0.25) is 4.98 Å². The zero-order valence-electron chi connectivity index (χ0n) is 11.6. The summed E-state index contributed by atoms with van der Waals surface area (Å²) in [7, 11) is 0. The fraction of sp³-hybridized carbons (Fsp3) is 0.667. The smallest absolute Gasteiger partial charge is 0.0666 e. The quantitative estimate of drug-likeness (QED) is 0.889. The largest absolute Gasteiger partial charge is 0.375 e. The Kier molecular flexibility index (Phi) is 4.36. The SMILES string of the molecule is CCC1(C)CC(NC(C)c2ccccn2)CCO1. The van der Waals surface area contributed by atoms with E-state index in [0.717, 1.165) is 31.6 Å². The van der Waals surface area contributed by atoms with Gasteiger partial charge in [-0.25, -0.2) is 0 Å². The van der Waals surface area contributed by atoms with Crippen molar-refractivity contribution in [1.29, 1.82) is 0 Å². The lowest BCUT2D eigenvalue weighted by Crippen LogP contribution is -2.45. The number of ether oxygens (including phenoxy) is 1. The number of rotatable bonds is 4. The van der Waals surface area contributed by atoms with Gasteiger partial charge in [0.15, 0.2) is 0 Å². The summed E-state index contributed by atoms with van der Waals surface area (Å²) < 4.78 is 5.88. The van der Waals surface area contributed by atoms with Crippen LogP contribution >= 0.6 is 0 Å². The molecular weight excluding hydrogens is 224 g/mol. The van der Waals surface area contributed by atoms with Crippen molar-refractivity contribution in [1.82, 2.24) is 10.3 Å². The van der Waals surface area contributed by atoms with Gasteiger partial charge in [0.1, 0.15) is 0 Å². The van der Waals surface area contributed by atoms with Gasteiger partial charge in [0.05, 0.1) is 11.3 Å². The number of pyridine rings is 1. The molecule has 0 saturated carbocycles. The zero-order valence-corrected chi connectivity index (χ0v) is 11.6. The van der Waals surface area contributed by atoms with E-state index in [1.54, 1.807) is 0 Å². The molecule has 0 aliphatic carbocycles. The molecule has 1 aromatic heterocycles. The van der Waals surface area contributed by atoms with E-state index < -0.39 is 0 Å². The molecule has 1 saturated heterocycles. The Balaban J connectivity index is 1.93. The number of aromatic nitrogens is 1. The van der Waals surface area contributed by atoms with Crippen LogP contribution in [0.15, 0.2) is 24.4 Å². The molecule has 1 aliphatic rings. The van der Waals surface area contributed by atoms with Gasteiger partial charge in [-0.1, -0.05) is 13.0 Å². The van der Waals surface area contributed by atoms with Crippen LogP contribution in [0, 0.1) is 0 Å². The lowest BCUT2D eigenvalue weighted by atomic mass is 9.89. The molecular formula is C15H24N2O. The van der Waals surface area contributed by atoms with E-state index in [2.05, 4.69) is 37.1 Å². The second-order valence-corrected chi connectivity index (χ2v) is 5.48. The van der Waals surface area contributed by atoms with E-state index >= 15 is 0 Å². The molecule has 0 amide bonds. The van der Waals surface area contributed by atoms with E-state index in [1.807, 2.05) is 18.3 Å². The molecule has 2 rings (SSSR count). The summed E-state index contributed by atoms with van der Waals surface area (Å²) in [5.74, 6) is 0. The van der Waals surface area contributed by atoms with E-state index in [0.29, 0.717) is 12.1 Å². The molecule has 100 valence electrons. The van der Waals surface area contributed by atoms with Crippen LogP contribution in [0.2, 0.25) is 0 Å². The van der Waals surface area contributed by atoms with Crippen LogP contribution in [0.3, 0.4) is 0 Å². The third-order valence-corrected chi connectivity index (χ3v) is 3.96. The molecule has 1 aromatic rings. The molecule has 3 atom stereocenters. The minimum absolute atomic E-state index is 0.0414. The van der Waals surface area contributed by atoms with Crippen molar-refractivity contribution in [3.63, 3.8) is 0 Å². The molecule has 1 aliphatic heterocycles. The molecule has 1 N–H and O–H groups in total. The molecule has 18 heavy (non-hydrogen) atoms. The molecule has 0 radical (unpaired) electrons. The maximum absolute atomic E-state index is 5.88. The predicted octanol–water partition coefficient (Wildman–Crippen LogP) is 3.08. The molecule has 1 fully saturated rings. The molecule has 0 spiro atoms. The van der Waals surface area contributed by atoms with Gasteiger partial charge in [0.2, 0.25) is 0 Å². The summed E-state index contributed by atoms with van der Waals surface area (Å²) in [4.78, 5) is 4.41. The van der Waals surface area contributed by atoms with E-state index in [-0.39, 0.29) is 5.60 Å². The topological polar surface area (TPSA) is 34.2 Å². The van der Waals surface area contributed by atoms with Crippen LogP contribution in [-0.2, 0) is 4.74 Å². The van der Waals surface area contributed by atoms with Gasteiger partial charge >= 0.3 is 0 Å². The number of hydrogen-bond donors (Lipinski definition) is 1. The Labute approximate surface area is 110 Å². The van der Waals surface area contributed by atoms with E-state index in [4.69, 9.17) is 4.74 Å². The first-order valence-corrected chi connectivity index (χ1v) is 6.94. The fourth-order valence-electron chi connectivity index (χ4n) is 2.59. The van der Waals surface area contributed by atoms with Gasteiger partial charge in [0, 0.05) is 24.9 Å².